The zero-order valence-electron chi connectivity index (χ0n) is 5.94. The smallest absolute Gasteiger partial charge is 0.00666 e. The first-order valence-corrected chi connectivity index (χ1v) is 3.43. The molecule has 0 aromatic carbocycles. The summed E-state index contributed by atoms with van der Waals surface area (Å²) in [4.78, 5) is 0. The van der Waals surface area contributed by atoms with E-state index in [1.165, 1.54) is 6.42 Å². The van der Waals surface area contributed by atoms with Crippen molar-refractivity contribution in [3.8, 4) is 0 Å². The monoisotopic (exact) mass is 113 g/mol. The average molecular weight is 113 g/mol. The molecule has 0 aliphatic heterocycles. The summed E-state index contributed by atoms with van der Waals surface area (Å²) >= 11 is 0. The van der Waals surface area contributed by atoms with E-state index in [4.69, 9.17) is 0 Å². The predicted molar refractivity (Wildman–Crippen MR) is 35.8 cm³/mol. The molecule has 1 heteroatoms. The number of nitrogens with one attached hydrogen (secondary N) is 1. The average Bonchev–Trinajstić information content (AvgIpc) is 2.45. The van der Waals surface area contributed by atoms with Crippen LogP contribution in [-0.4, -0.2) is 13.1 Å². The van der Waals surface area contributed by atoms with E-state index in [0.29, 0.717) is 0 Å². The zero-order chi connectivity index (χ0) is 6.15. The molecular formula is C7H15N. The minimum Gasteiger partial charge on any atom is -0.317 e. The maximum Gasteiger partial charge on any atom is 0.00666 e. The van der Waals surface area contributed by atoms with Gasteiger partial charge in [0.15, 0.2) is 0 Å². The molecule has 0 heterocycles. The van der Waals surface area contributed by atoms with Crippen molar-refractivity contribution >= 4 is 0 Å². The fraction of sp³-hybridized carbons (Fsp3) is 1.00. The Balaban J connectivity index is 2.18. The summed E-state index contributed by atoms with van der Waals surface area (Å²) in [7, 11) is 2.04. The Labute approximate surface area is 51.5 Å². The highest BCUT2D eigenvalue weighted by Crippen LogP contribution is 2.40. The molecule has 1 aliphatic carbocycles. The second kappa shape index (κ2) is 2.06. The van der Waals surface area contributed by atoms with E-state index < -0.39 is 0 Å². The minimum atomic E-state index is 0.741. The molecule has 0 radical (unpaired) electrons. The van der Waals surface area contributed by atoms with Gasteiger partial charge in [-0.15, -0.1) is 0 Å². The van der Waals surface area contributed by atoms with Crippen LogP contribution in [0.1, 0.15) is 20.3 Å². The van der Waals surface area contributed by atoms with Crippen molar-refractivity contribution in [1.82, 2.24) is 5.32 Å². The van der Waals surface area contributed by atoms with Crippen LogP contribution in [0.4, 0.5) is 0 Å². The Morgan fingerprint density at radius 2 is 2.12 bits per heavy atom. The highest BCUT2D eigenvalue weighted by atomic mass is 14.9. The summed E-state index contributed by atoms with van der Waals surface area (Å²) in [5.74, 6) is 1.96. The fourth-order valence-electron chi connectivity index (χ4n) is 1.26. The van der Waals surface area contributed by atoms with Gasteiger partial charge in [0.2, 0.25) is 0 Å². The first-order chi connectivity index (χ1) is 3.75. The van der Waals surface area contributed by atoms with Crippen molar-refractivity contribution in [3.05, 3.63) is 0 Å². The molecule has 0 bridgehead atoms. The van der Waals surface area contributed by atoms with E-state index in [1.54, 1.807) is 0 Å². The second-order valence-corrected chi connectivity index (χ2v) is 2.95. The van der Waals surface area contributed by atoms with Crippen LogP contribution in [-0.2, 0) is 0 Å². The molecule has 3 unspecified atom stereocenters. The van der Waals surface area contributed by atoms with Gasteiger partial charge in [-0.1, -0.05) is 6.92 Å². The lowest BCUT2D eigenvalue weighted by atomic mass is 10.2. The first-order valence-electron chi connectivity index (χ1n) is 3.43. The SMILES string of the molecule is CNC(C)C1CC1C. The standard InChI is InChI=1S/C7H15N/c1-5-4-7(5)6(2)8-3/h5-8H,4H2,1-3H3. The molecular weight excluding hydrogens is 98.1 g/mol. The van der Waals surface area contributed by atoms with Crippen LogP contribution in [0.25, 0.3) is 0 Å². The molecule has 1 N–H and O–H groups in total. The number of hydrogen-bond acceptors (Lipinski definition) is 1. The quantitative estimate of drug-likeness (QED) is 0.568. The van der Waals surface area contributed by atoms with Crippen LogP contribution in [0.3, 0.4) is 0 Å². The van der Waals surface area contributed by atoms with E-state index in [1.807, 2.05) is 7.05 Å². The largest absolute Gasteiger partial charge is 0.317 e. The Bertz CT molecular complexity index is 78.5. The molecule has 0 aromatic heterocycles. The lowest BCUT2D eigenvalue weighted by Crippen LogP contribution is -2.23. The van der Waals surface area contributed by atoms with Crippen LogP contribution < -0.4 is 5.32 Å². The Morgan fingerprint density at radius 3 is 2.25 bits per heavy atom. The van der Waals surface area contributed by atoms with E-state index in [0.717, 1.165) is 17.9 Å². The molecule has 0 aromatic rings. The summed E-state index contributed by atoms with van der Waals surface area (Å²) in [6.07, 6.45) is 1.43. The van der Waals surface area contributed by atoms with Gasteiger partial charge in [-0.05, 0) is 32.2 Å². The van der Waals surface area contributed by atoms with Crippen LogP contribution in [0, 0.1) is 11.8 Å². The lowest BCUT2D eigenvalue weighted by Gasteiger charge is -2.06. The second-order valence-electron chi connectivity index (χ2n) is 2.95. The summed E-state index contributed by atoms with van der Waals surface area (Å²) in [5.41, 5.74) is 0. The first kappa shape index (κ1) is 6.09. The molecule has 1 rings (SSSR count). The van der Waals surface area contributed by atoms with Crippen LogP contribution in [0.2, 0.25) is 0 Å². The van der Waals surface area contributed by atoms with Gasteiger partial charge < -0.3 is 5.32 Å². The third-order valence-corrected chi connectivity index (χ3v) is 2.27. The lowest BCUT2D eigenvalue weighted by molar-refractivity contribution is 0.520. The third-order valence-electron chi connectivity index (χ3n) is 2.27. The fourth-order valence-corrected chi connectivity index (χ4v) is 1.26. The zero-order valence-corrected chi connectivity index (χ0v) is 5.94. The van der Waals surface area contributed by atoms with Crippen molar-refractivity contribution in [2.75, 3.05) is 7.05 Å². The van der Waals surface area contributed by atoms with Gasteiger partial charge in [0, 0.05) is 6.04 Å². The molecule has 1 nitrogen and oxygen atoms in total. The van der Waals surface area contributed by atoms with Crippen molar-refractivity contribution in [3.63, 3.8) is 0 Å². The Hall–Kier alpha value is -0.0400. The van der Waals surface area contributed by atoms with Gasteiger partial charge in [0.25, 0.3) is 0 Å². The van der Waals surface area contributed by atoms with Gasteiger partial charge in [0.05, 0.1) is 0 Å². The van der Waals surface area contributed by atoms with E-state index in [9.17, 15) is 0 Å². The topological polar surface area (TPSA) is 12.0 Å². The van der Waals surface area contributed by atoms with E-state index in [-0.39, 0.29) is 0 Å². The summed E-state index contributed by atoms with van der Waals surface area (Å²) in [5, 5.41) is 3.26. The number of hydrogen-bond donors (Lipinski definition) is 1. The highest BCUT2D eigenvalue weighted by molar-refractivity contribution is 4.89. The maximum absolute atomic E-state index is 3.26. The molecule has 1 saturated carbocycles. The third kappa shape index (κ3) is 1.03. The van der Waals surface area contributed by atoms with Gasteiger partial charge in [-0.3, -0.25) is 0 Å². The summed E-state index contributed by atoms with van der Waals surface area (Å²) < 4.78 is 0. The van der Waals surface area contributed by atoms with Crippen molar-refractivity contribution in [1.29, 1.82) is 0 Å². The van der Waals surface area contributed by atoms with Crippen LogP contribution >= 0.6 is 0 Å². The highest BCUT2D eigenvalue weighted by Gasteiger charge is 2.36. The Morgan fingerprint density at radius 1 is 1.62 bits per heavy atom. The van der Waals surface area contributed by atoms with Crippen LogP contribution in [0.15, 0.2) is 0 Å². The normalized spacial score (nSPS) is 39.4. The molecule has 0 spiro atoms. The predicted octanol–water partition coefficient (Wildman–Crippen LogP) is 1.25. The summed E-state index contributed by atoms with van der Waals surface area (Å²) in [6.45, 7) is 4.58. The molecule has 0 amide bonds. The molecule has 0 saturated heterocycles. The minimum absolute atomic E-state index is 0.741. The maximum atomic E-state index is 3.26. The molecule has 8 heavy (non-hydrogen) atoms. The molecule has 1 aliphatic rings. The molecule has 1 fully saturated rings. The number of rotatable bonds is 2. The summed E-state index contributed by atoms with van der Waals surface area (Å²) in [6, 6.07) is 0.741. The van der Waals surface area contributed by atoms with Gasteiger partial charge in [-0.2, -0.15) is 0 Å². The molecule has 3 atom stereocenters. The Kier molecular flexibility index (Phi) is 1.57. The van der Waals surface area contributed by atoms with Gasteiger partial charge >= 0.3 is 0 Å². The van der Waals surface area contributed by atoms with Gasteiger partial charge in [0.1, 0.15) is 0 Å². The molecule has 48 valence electrons. The van der Waals surface area contributed by atoms with Crippen molar-refractivity contribution in [2.45, 2.75) is 26.3 Å². The van der Waals surface area contributed by atoms with E-state index in [2.05, 4.69) is 19.2 Å². The van der Waals surface area contributed by atoms with Crippen molar-refractivity contribution < 1.29 is 0 Å². The van der Waals surface area contributed by atoms with Crippen LogP contribution in [0.5, 0.6) is 0 Å². The van der Waals surface area contributed by atoms with Crippen molar-refractivity contribution in [2.24, 2.45) is 11.8 Å². The van der Waals surface area contributed by atoms with E-state index >= 15 is 0 Å². The van der Waals surface area contributed by atoms with Gasteiger partial charge in [-0.25, -0.2) is 0 Å².